The summed E-state index contributed by atoms with van der Waals surface area (Å²) in [4.78, 5) is 37.9. The van der Waals surface area contributed by atoms with Crippen molar-refractivity contribution in [3.05, 3.63) is 122 Å². The van der Waals surface area contributed by atoms with Gasteiger partial charge in [0, 0.05) is 19.3 Å². The summed E-state index contributed by atoms with van der Waals surface area (Å²) in [5, 5.41) is 0. The Hall–Kier alpha value is -4.19. The lowest BCUT2D eigenvalue weighted by atomic mass is 10.1. The van der Waals surface area contributed by atoms with E-state index in [2.05, 4.69) is 142 Å². The zero-order chi connectivity index (χ0) is 47.2. The predicted octanol–water partition coefficient (Wildman–Crippen LogP) is 17.3. The Labute approximate surface area is 399 Å². The Balaban J connectivity index is 4.55. The molecule has 0 bridgehead atoms. The second-order valence-electron chi connectivity index (χ2n) is 16.7. The van der Waals surface area contributed by atoms with Crippen LogP contribution in [0.3, 0.4) is 0 Å². The number of hydrogen-bond donors (Lipinski definition) is 0. The second kappa shape index (κ2) is 52.4. The maximum atomic E-state index is 12.8. The van der Waals surface area contributed by atoms with Crippen LogP contribution in [0.1, 0.15) is 213 Å². The Morgan fingerprint density at radius 1 is 0.323 bits per heavy atom. The van der Waals surface area contributed by atoms with Crippen molar-refractivity contribution in [3.63, 3.8) is 0 Å². The lowest BCUT2D eigenvalue weighted by Crippen LogP contribution is -2.30. The van der Waals surface area contributed by atoms with Crippen LogP contribution in [0.2, 0.25) is 0 Å². The number of ether oxygens (including phenoxy) is 3. The molecule has 0 spiro atoms. The monoisotopic (exact) mass is 899 g/mol. The Morgan fingerprint density at radius 2 is 0.631 bits per heavy atom. The number of allylic oxidation sites excluding steroid dienone is 20. The van der Waals surface area contributed by atoms with Gasteiger partial charge >= 0.3 is 17.9 Å². The molecule has 0 rings (SSSR count). The van der Waals surface area contributed by atoms with Gasteiger partial charge in [-0.05, 0) is 122 Å². The van der Waals surface area contributed by atoms with E-state index in [0.29, 0.717) is 19.3 Å². The first kappa shape index (κ1) is 60.8. The third kappa shape index (κ3) is 50.7. The minimum absolute atomic E-state index is 0.117. The van der Waals surface area contributed by atoms with E-state index in [1.165, 1.54) is 51.4 Å². The first-order valence-corrected chi connectivity index (χ1v) is 26.0. The Morgan fingerprint density at radius 3 is 1.08 bits per heavy atom. The minimum atomic E-state index is -0.824. The Bertz CT molecular complexity index is 1400. The van der Waals surface area contributed by atoms with Crippen LogP contribution in [0.25, 0.3) is 0 Å². The van der Waals surface area contributed by atoms with Crippen LogP contribution < -0.4 is 0 Å². The molecule has 0 aliphatic heterocycles. The predicted molar refractivity (Wildman–Crippen MR) is 279 cm³/mol. The molecule has 6 nitrogen and oxygen atoms in total. The fourth-order valence-electron chi connectivity index (χ4n) is 6.50. The van der Waals surface area contributed by atoms with Crippen LogP contribution in [0, 0.1) is 0 Å². The number of hydrogen-bond acceptors (Lipinski definition) is 6. The average molecular weight is 899 g/mol. The van der Waals surface area contributed by atoms with Crippen molar-refractivity contribution in [2.24, 2.45) is 0 Å². The quantitative estimate of drug-likeness (QED) is 0.0262. The molecule has 0 radical (unpaired) electrons. The number of carbonyl (C=O) groups is 3. The lowest BCUT2D eigenvalue weighted by Gasteiger charge is -2.18. The highest BCUT2D eigenvalue weighted by Gasteiger charge is 2.19. The number of unbranched alkanes of at least 4 members (excludes halogenated alkanes) is 14. The van der Waals surface area contributed by atoms with E-state index in [0.717, 1.165) is 109 Å². The average Bonchev–Trinajstić information content (AvgIpc) is 3.30. The molecule has 0 aromatic rings. The molecular formula is C59H94O6. The van der Waals surface area contributed by atoms with E-state index in [1.54, 1.807) is 0 Å². The van der Waals surface area contributed by atoms with E-state index >= 15 is 0 Å². The summed E-state index contributed by atoms with van der Waals surface area (Å²) in [5.41, 5.74) is 0. The van der Waals surface area contributed by atoms with Gasteiger partial charge in [0.05, 0.1) is 0 Å². The van der Waals surface area contributed by atoms with Crippen molar-refractivity contribution in [3.8, 4) is 0 Å². The molecule has 0 aromatic heterocycles. The van der Waals surface area contributed by atoms with Crippen molar-refractivity contribution in [2.75, 3.05) is 13.2 Å². The van der Waals surface area contributed by atoms with Gasteiger partial charge in [0.25, 0.3) is 0 Å². The highest BCUT2D eigenvalue weighted by atomic mass is 16.6. The molecule has 65 heavy (non-hydrogen) atoms. The Kier molecular flexibility index (Phi) is 49.1. The van der Waals surface area contributed by atoms with Crippen molar-refractivity contribution in [1.29, 1.82) is 0 Å². The molecule has 1 atom stereocenters. The fraction of sp³-hybridized carbons (Fsp3) is 0.610. The fourth-order valence-corrected chi connectivity index (χ4v) is 6.50. The number of carbonyl (C=O) groups excluding carboxylic acids is 3. The molecule has 6 heteroatoms. The number of rotatable bonds is 45. The van der Waals surface area contributed by atoms with Gasteiger partial charge in [-0.25, -0.2) is 0 Å². The van der Waals surface area contributed by atoms with Crippen molar-refractivity contribution in [1.82, 2.24) is 0 Å². The third-order valence-electron chi connectivity index (χ3n) is 10.4. The zero-order valence-electron chi connectivity index (χ0n) is 41.7. The van der Waals surface area contributed by atoms with Crippen LogP contribution in [0.5, 0.6) is 0 Å². The molecule has 0 saturated heterocycles. The van der Waals surface area contributed by atoms with Crippen LogP contribution in [0.4, 0.5) is 0 Å². The molecule has 0 saturated carbocycles. The summed E-state index contributed by atoms with van der Waals surface area (Å²) in [7, 11) is 0. The van der Waals surface area contributed by atoms with Crippen LogP contribution in [-0.2, 0) is 28.6 Å². The van der Waals surface area contributed by atoms with Gasteiger partial charge < -0.3 is 14.2 Å². The highest BCUT2D eigenvalue weighted by molar-refractivity contribution is 5.71. The van der Waals surface area contributed by atoms with Crippen LogP contribution >= 0.6 is 0 Å². The van der Waals surface area contributed by atoms with Gasteiger partial charge in [0.1, 0.15) is 13.2 Å². The summed E-state index contributed by atoms with van der Waals surface area (Å²) in [5.74, 6) is -1.03. The highest BCUT2D eigenvalue weighted by Crippen LogP contribution is 2.12. The minimum Gasteiger partial charge on any atom is -0.462 e. The summed E-state index contributed by atoms with van der Waals surface area (Å²) in [6.45, 7) is 6.35. The van der Waals surface area contributed by atoms with Gasteiger partial charge in [0.2, 0.25) is 0 Å². The SMILES string of the molecule is CC/C=C\C/C=C\C/C=C\C/C=C\C/C=C\CCCCCC(=O)O[C@H](COC(=O)CCC/C=C\C/C=C\C/C=C\C/C=C\CCCCC)COC(=O)CCCCCCC/C=C\CCCC. The van der Waals surface area contributed by atoms with Gasteiger partial charge in [-0.15, -0.1) is 0 Å². The summed E-state index contributed by atoms with van der Waals surface area (Å²) >= 11 is 0. The zero-order valence-corrected chi connectivity index (χ0v) is 41.7. The van der Waals surface area contributed by atoms with Crippen LogP contribution in [-0.4, -0.2) is 37.2 Å². The molecule has 0 heterocycles. The van der Waals surface area contributed by atoms with E-state index < -0.39 is 6.10 Å². The van der Waals surface area contributed by atoms with E-state index in [9.17, 15) is 14.4 Å². The van der Waals surface area contributed by atoms with Gasteiger partial charge in [-0.3, -0.25) is 14.4 Å². The molecular weight excluding hydrogens is 805 g/mol. The number of esters is 3. The summed E-state index contributed by atoms with van der Waals surface area (Å²) in [6.07, 6.45) is 71.9. The van der Waals surface area contributed by atoms with Crippen molar-refractivity contribution in [2.45, 2.75) is 219 Å². The molecule has 0 amide bonds. The molecule has 0 aliphatic rings. The normalized spacial score (nSPS) is 13.1. The molecule has 0 unspecified atom stereocenters. The van der Waals surface area contributed by atoms with Gasteiger partial charge in [-0.1, -0.05) is 194 Å². The standard InChI is InChI=1S/C59H94O6/c1-4-7-10-13-16-19-22-24-26-28-29-31-33-35-38-41-44-47-50-53-59(62)65-56(54-63-57(60)51-48-45-42-39-36-21-18-15-12-9-6-3)55-64-58(61)52-49-46-43-40-37-34-32-30-27-25-23-20-17-14-11-8-5-2/h7,10,15-20,24-27,29,31-32,34-35,38,40,43,56H,4-6,8-9,11-14,21-23,28,30,33,36-37,39,41-42,44-55H2,1-3H3/b10-7-,18-15-,19-16-,20-17-,26-24-,27-25-,31-29-,34-32-,38-35-,43-40-/t56-/m0/s1. The maximum Gasteiger partial charge on any atom is 0.306 e. The van der Waals surface area contributed by atoms with E-state index in [4.69, 9.17) is 14.2 Å². The van der Waals surface area contributed by atoms with Crippen molar-refractivity contribution < 1.29 is 28.6 Å². The first-order valence-electron chi connectivity index (χ1n) is 26.0. The molecule has 0 aliphatic carbocycles. The maximum absolute atomic E-state index is 12.8. The third-order valence-corrected chi connectivity index (χ3v) is 10.4. The molecule has 0 aromatic carbocycles. The summed E-state index contributed by atoms with van der Waals surface area (Å²) < 4.78 is 16.7. The van der Waals surface area contributed by atoms with Gasteiger partial charge in [0.15, 0.2) is 6.10 Å². The smallest absolute Gasteiger partial charge is 0.306 e. The van der Waals surface area contributed by atoms with Gasteiger partial charge in [-0.2, -0.15) is 0 Å². The van der Waals surface area contributed by atoms with E-state index in [-0.39, 0.29) is 44.0 Å². The van der Waals surface area contributed by atoms with E-state index in [1.807, 2.05) is 0 Å². The molecule has 366 valence electrons. The van der Waals surface area contributed by atoms with Crippen molar-refractivity contribution >= 4 is 17.9 Å². The topological polar surface area (TPSA) is 78.9 Å². The first-order chi connectivity index (χ1) is 32.0. The molecule has 0 fully saturated rings. The molecule has 0 N–H and O–H groups in total. The van der Waals surface area contributed by atoms with Crippen LogP contribution in [0.15, 0.2) is 122 Å². The lowest BCUT2D eigenvalue weighted by molar-refractivity contribution is -0.167. The summed E-state index contributed by atoms with van der Waals surface area (Å²) in [6, 6.07) is 0. The second-order valence-corrected chi connectivity index (χ2v) is 16.7. The largest absolute Gasteiger partial charge is 0.462 e.